The van der Waals surface area contributed by atoms with Crippen molar-refractivity contribution in [3.8, 4) is 0 Å². The van der Waals surface area contributed by atoms with Crippen molar-refractivity contribution < 1.29 is 80.2 Å². The average Bonchev–Trinajstić information content (AvgIpc) is 2.54. The van der Waals surface area contributed by atoms with Gasteiger partial charge in [0.1, 0.15) is 19.3 Å². The molecule has 0 aromatic heterocycles. The van der Waals surface area contributed by atoms with E-state index in [2.05, 4.69) is 41.5 Å². The van der Waals surface area contributed by atoms with E-state index in [1.165, 1.54) is 186 Å². The molecule has 0 saturated carbocycles. The first-order chi connectivity index (χ1) is 44.4. The summed E-state index contributed by atoms with van der Waals surface area (Å²) < 4.78 is 68.2. The van der Waals surface area contributed by atoms with E-state index >= 15 is 0 Å². The molecule has 0 heterocycles. The second kappa shape index (κ2) is 65.0. The highest BCUT2D eigenvalue weighted by molar-refractivity contribution is 7.47. The molecule has 17 nitrogen and oxygen atoms in total. The molecule has 19 heteroatoms. The summed E-state index contributed by atoms with van der Waals surface area (Å²) in [4.78, 5) is 72.4. The number of aliphatic hydroxyl groups excluding tert-OH is 1. The number of esters is 4. The Morgan fingerprint density at radius 2 is 0.500 bits per heavy atom. The molecule has 0 spiro atoms. The normalized spacial score (nSPS) is 14.1. The molecule has 0 amide bonds. The summed E-state index contributed by atoms with van der Waals surface area (Å²) in [7, 11) is -9.90. The van der Waals surface area contributed by atoms with E-state index < -0.39 is 97.5 Å². The van der Waals surface area contributed by atoms with E-state index in [1.807, 2.05) is 0 Å². The van der Waals surface area contributed by atoms with E-state index in [1.54, 1.807) is 0 Å². The zero-order valence-corrected chi connectivity index (χ0v) is 61.6. The minimum Gasteiger partial charge on any atom is -0.462 e. The average molecular weight is 1350 g/mol. The summed E-state index contributed by atoms with van der Waals surface area (Å²) in [5.41, 5.74) is 0. The molecule has 0 fully saturated rings. The van der Waals surface area contributed by atoms with Crippen molar-refractivity contribution in [3.63, 3.8) is 0 Å². The lowest BCUT2D eigenvalue weighted by Gasteiger charge is -2.21. The van der Waals surface area contributed by atoms with Gasteiger partial charge in [-0.1, -0.05) is 324 Å². The Hall–Kier alpha value is -1.94. The Bertz CT molecular complexity index is 1790. The second-order valence-corrected chi connectivity index (χ2v) is 30.2. The number of hydrogen-bond donors (Lipinski definition) is 3. The fraction of sp³-hybridized carbons (Fsp3) is 0.945. The van der Waals surface area contributed by atoms with Crippen LogP contribution >= 0.6 is 15.6 Å². The fourth-order valence-corrected chi connectivity index (χ4v) is 12.7. The van der Waals surface area contributed by atoms with Gasteiger partial charge in [-0.25, -0.2) is 9.13 Å². The molecule has 0 aliphatic heterocycles. The summed E-state index contributed by atoms with van der Waals surface area (Å²) >= 11 is 0. The summed E-state index contributed by atoms with van der Waals surface area (Å²) in [6.07, 6.45) is 51.8. The van der Waals surface area contributed by atoms with Gasteiger partial charge in [0.15, 0.2) is 12.2 Å². The van der Waals surface area contributed by atoms with Crippen molar-refractivity contribution in [2.45, 2.75) is 394 Å². The van der Waals surface area contributed by atoms with Gasteiger partial charge in [0, 0.05) is 25.7 Å². The molecule has 3 N–H and O–H groups in total. The van der Waals surface area contributed by atoms with Gasteiger partial charge in [-0.3, -0.25) is 37.3 Å². The molecule has 0 bridgehead atoms. The van der Waals surface area contributed by atoms with Gasteiger partial charge < -0.3 is 33.8 Å². The van der Waals surface area contributed by atoms with Crippen LogP contribution in [0.25, 0.3) is 0 Å². The number of aliphatic hydroxyl groups is 1. The van der Waals surface area contributed by atoms with Gasteiger partial charge in [0.2, 0.25) is 0 Å². The van der Waals surface area contributed by atoms with Gasteiger partial charge >= 0.3 is 39.5 Å². The first-order valence-electron chi connectivity index (χ1n) is 38.0. The van der Waals surface area contributed by atoms with Crippen LogP contribution in [0, 0.1) is 11.8 Å². The third kappa shape index (κ3) is 66.7. The first-order valence-corrected chi connectivity index (χ1v) is 41.0. The van der Waals surface area contributed by atoms with Crippen LogP contribution in [0.1, 0.15) is 375 Å². The number of carbonyl (C=O) groups excluding carboxylic acids is 4. The SMILES string of the molecule is CCCCCCCCCCCCCCCCCCCC(=O)OC[C@H](COP(=O)(O)OC[C@@H](O)COP(=O)(O)OC[C@@H](COC(=O)CCCCCCC)OC(=O)CCCCCCCCCCCC(C)C)OC(=O)CCCCCCCCCCCCCCCCCC(C)C. The predicted octanol–water partition coefficient (Wildman–Crippen LogP) is 21.2. The van der Waals surface area contributed by atoms with E-state index in [0.29, 0.717) is 25.7 Å². The number of phosphoric acid groups is 2. The van der Waals surface area contributed by atoms with Gasteiger partial charge in [0.05, 0.1) is 26.4 Å². The second-order valence-electron chi connectivity index (χ2n) is 27.3. The summed E-state index contributed by atoms with van der Waals surface area (Å²) in [5.74, 6) is -0.592. The van der Waals surface area contributed by atoms with Crippen LogP contribution in [0.15, 0.2) is 0 Å². The maximum atomic E-state index is 13.1. The van der Waals surface area contributed by atoms with Gasteiger partial charge in [-0.15, -0.1) is 0 Å². The van der Waals surface area contributed by atoms with Gasteiger partial charge in [-0.05, 0) is 37.5 Å². The maximum Gasteiger partial charge on any atom is 0.472 e. The molecule has 0 aromatic rings. The Morgan fingerprint density at radius 1 is 0.293 bits per heavy atom. The quantitative estimate of drug-likeness (QED) is 0.0222. The molecule has 0 rings (SSSR count). The first kappa shape index (κ1) is 90.1. The van der Waals surface area contributed by atoms with Crippen LogP contribution in [0.4, 0.5) is 0 Å². The number of unbranched alkanes of at least 4 members (excludes halogenated alkanes) is 42. The highest BCUT2D eigenvalue weighted by atomic mass is 31.2. The molecule has 546 valence electrons. The topological polar surface area (TPSA) is 237 Å². The molecule has 0 aliphatic rings. The third-order valence-corrected chi connectivity index (χ3v) is 18.9. The fourth-order valence-electron chi connectivity index (χ4n) is 11.1. The van der Waals surface area contributed by atoms with Crippen molar-refractivity contribution >= 4 is 39.5 Å². The Morgan fingerprint density at radius 3 is 0.739 bits per heavy atom. The lowest BCUT2D eigenvalue weighted by molar-refractivity contribution is -0.161. The zero-order chi connectivity index (χ0) is 67.9. The number of rotatable bonds is 72. The molecular weight excluding hydrogens is 1210 g/mol. The van der Waals surface area contributed by atoms with Crippen molar-refractivity contribution in [1.29, 1.82) is 0 Å². The minimum atomic E-state index is -4.95. The van der Waals surface area contributed by atoms with Crippen LogP contribution in [0.3, 0.4) is 0 Å². The third-order valence-electron chi connectivity index (χ3n) is 17.0. The number of phosphoric ester groups is 2. The zero-order valence-electron chi connectivity index (χ0n) is 59.9. The van der Waals surface area contributed by atoms with Crippen LogP contribution in [-0.2, 0) is 65.4 Å². The van der Waals surface area contributed by atoms with E-state index in [9.17, 15) is 43.2 Å². The molecule has 0 aliphatic carbocycles. The Balaban J connectivity index is 5.15. The molecule has 0 radical (unpaired) electrons. The van der Waals surface area contributed by atoms with Crippen molar-refractivity contribution in [1.82, 2.24) is 0 Å². The van der Waals surface area contributed by atoms with E-state index in [4.69, 9.17) is 37.0 Å². The highest BCUT2D eigenvalue weighted by Crippen LogP contribution is 2.45. The molecule has 0 aromatic carbocycles. The molecule has 5 atom stereocenters. The lowest BCUT2D eigenvalue weighted by atomic mass is 10.0. The standard InChI is InChI=1S/C73H142O17P2/c1-7-9-11-13-14-15-16-17-18-19-22-25-28-33-38-44-50-56-71(76)84-62-69(90-72(77)57-51-45-39-34-29-26-23-20-21-24-27-31-36-42-47-53-65(3)4)64-88-92(81,82)86-60-67(74)59-85-91(79,80)87-63-68(61-83-70(75)55-49-41-12-10-8-2)89-73(78)58-52-46-40-35-30-32-37-43-48-54-66(5)6/h65-69,74H,7-64H2,1-6H3,(H,79,80)(H,81,82)/t67-,68+,69+/m0/s1. The van der Waals surface area contributed by atoms with E-state index in [0.717, 1.165) is 108 Å². The number of ether oxygens (including phenoxy) is 4. The molecule has 92 heavy (non-hydrogen) atoms. The smallest absolute Gasteiger partial charge is 0.462 e. The Kier molecular flexibility index (Phi) is 63.7. The predicted molar refractivity (Wildman–Crippen MR) is 372 cm³/mol. The molecule has 2 unspecified atom stereocenters. The lowest BCUT2D eigenvalue weighted by Crippen LogP contribution is -2.30. The van der Waals surface area contributed by atoms with Crippen LogP contribution < -0.4 is 0 Å². The molecular formula is C73H142O17P2. The van der Waals surface area contributed by atoms with Gasteiger partial charge in [0.25, 0.3) is 0 Å². The Labute approximate surface area is 562 Å². The minimum absolute atomic E-state index is 0.104. The van der Waals surface area contributed by atoms with Crippen molar-refractivity contribution in [2.75, 3.05) is 39.6 Å². The summed E-state index contributed by atoms with van der Waals surface area (Å²) in [6, 6.07) is 0. The van der Waals surface area contributed by atoms with Crippen molar-refractivity contribution in [3.05, 3.63) is 0 Å². The number of carbonyl (C=O) groups is 4. The largest absolute Gasteiger partial charge is 0.472 e. The van der Waals surface area contributed by atoms with Crippen LogP contribution in [-0.4, -0.2) is 96.7 Å². The van der Waals surface area contributed by atoms with Crippen LogP contribution in [0.2, 0.25) is 0 Å². The monoisotopic (exact) mass is 1350 g/mol. The van der Waals surface area contributed by atoms with Crippen molar-refractivity contribution in [2.24, 2.45) is 11.8 Å². The summed E-state index contributed by atoms with van der Waals surface area (Å²) in [6.45, 7) is 9.49. The number of hydrogen-bond acceptors (Lipinski definition) is 15. The van der Waals surface area contributed by atoms with E-state index in [-0.39, 0.29) is 25.7 Å². The highest BCUT2D eigenvalue weighted by Gasteiger charge is 2.30. The van der Waals surface area contributed by atoms with Crippen LogP contribution in [0.5, 0.6) is 0 Å². The molecule has 0 saturated heterocycles. The van der Waals surface area contributed by atoms with Gasteiger partial charge in [-0.2, -0.15) is 0 Å². The maximum absolute atomic E-state index is 13.1. The summed E-state index contributed by atoms with van der Waals surface area (Å²) in [5, 5.41) is 10.6.